The quantitative estimate of drug-likeness (QED) is 0.479. The van der Waals surface area contributed by atoms with E-state index in [2.05, 4.69) is 39.6 Å². The van der Waals surface area contributed by atoms with E-state index >= 15 is 0 Å². The molecule has 0 aliphatic heterocycles. The standard InChI is InChI=1S/C23H40O2Si/c1-21(24)13-14-22(2)16(15-21)7-8-17-18-9-10-20(25-26(4,5)6)23(18,3)12-11-19(17)22/h7,17-20,24H,8-15H2,1-6H3/t17-,18-,19+,20?,21?,22-,23-/m0/s1. The summed E-state index contributed by atoms with van der Waals surface area (Å²) < 4.78 is 6.70. The third-order valence-electron chi connectivity index (χ3n) is 8.79. The fraction of sp³-hybridized carbons (Fsp3) is 0.913. The molecule has 0 aromatic heterocycles. The van der Waals surface area contributed by atoms with E-state index in [1.54, 1.807) is 5.57 Å². The Morgan fingerprint density at radius 1 is 1.00 bits per heavy atom. The minimum Gasteiger partial charge on any atom is -0.414 e. The van der Waals surface area contributed by atoms with Gasteiger partial charge in [0.05, 0.1) is 11.7 Å². The molecule has 2 unspecified atom stereocenters. The third-order valence-corrected chi connectivity index (χ3v) is 9.78. The van der Waals surface area contributed by atoms with Gasteiger partial charge in [-0.3, -0.25) is 0 Å². The molecule has 0 aromatic rings. The van der Waals surface area contributed by atoms with Crippen LogP contribution >= 0.6 is 0 Å². The van der Waals surface area contributed by atoms with Gasteiger partial charge in [-0.2, -0.15) is 0 Å². The smallest absolute Gasteiger partial charge is 0.184 e. The van der Waals surface area contributed by atoms with Crippen LogP contribution in [0, 0.1) is 28.6 Å². The van der Waals surface area contributed by atoms with Crippen molar-refractivity contribution in [2.75, 3.05) is 0 Å². The highest BCUT2D eigenvalue weighted by Crippen LogP contribution is 2.65. The van der Waals surface area contributed by atoms with Crippen molar-refractivity contribution in [1.82, 2.24) is 0 Å². The van der Waals surface area contributed by atoms with Gasteiger partial charge in [0.1, 0.15) is 0 Å². The van der Waals surface area contributed by atoms with Gasteiger partial charge in [-0.25, -0.2) is 0 Å². The van der Waals surface area contributed by atoms with E-state index in [0.717, 1.165) is 30.6 Å². The predicted molar refractivity (Wildman–Crippen MR) is 111 cm³/mol. The fourth-order valence-electron chi connectivity index (χ4n) is 7.38. The summed E-state index contributed by atoms with van der Waals surface area (Å²) in [4.78, 5) is 0. The average Bonchev–Trinajstić information content (AvgIpc) is 2.83. The summed E-state index contributed by atoms with van der Waals surface area (Å²) in [5, 5.41) is 10.6. The summed E-state index contributed by atoms with van der Waals surface area (Å²) in [6, 6.07) is 0. The van der Waals surface area contributed by atoms with Crippen molar-refractivity contribution in [2.24, 2.45) is 28.6 Å². The van der Waals surface area contributed by atoms with Crippen LogP contribution < -0.4 is 0 Å². The van der Waals surface area contributed by atoms with E-state index in [1.807, 2.05) is 6.92 Å². The van der Waals surface area contributed by atoms with Gasteiger partial charge >= 0.3 is 0 Å². The van der Waals surface area contributed by atoms with Crippen LogP contribution in [0.5, 0.6) is 0 Å². The molecule has 0 bridgehead atoms. The summed E-state index contributed by atoms with van der Waals surface area (Å²) in [6.07, 6.45) is 12.7. The molecule has 4 rings (SSSR count). The molecule has 1 N–H and O–H groups in total. The highest BCUT2D eigenvalue weighted by Gasteiger charge is 2.59. The topological polar surface area (TPSA) is 29.5 Å². The van der Waals surface area contributed by atoms with Crippen LogP contribution in [0.1, 0.15) is 72.1 Å². The first-order valence-corrected chi connectivity index (χ1v) is 14.5. The molecule has 3 saturated carbocycles. The van der Waals surface area contributed by atoms with Crippen molar-refractivity contribution >= 4 is 8.32 Å². The minimum absolute atomic E-state index is 0.338. The van der Waals surface area contributed by atoms with Crippen LogP contribution in [0.3, 0.4) is 0 Å². The SMILES string of the molecule is CC1(O)CC[C@@]2(C)C(=CC[C@@H]3[C@H]2CC[C@]2(C)C(O[Si](C)(C)C)CC[C@@H]32)C1. The van der Waals surface area contributed by atoms with Gasteiger partial charge in [0, 0.05) is 0 Å². The Morgan fingerprint density at radius 3 is 2.42 bits per heavy atom. The lowest BCUT2D eigenvalue weighted by atomic mass is 9.47. The first kappa shape index (κ1) is 19.2. The highest BCUT2D eigenvalue weighted by atomic mass is 28.4. The molecular weight excluding hydrogens is 336 g/mol. The van der Waals surface area contributed by atoms with Crippen LogP contribution in [-0.4, -0.2) is 25.1 Å². The average molecular weight is 377 g/mol. The summed E-state index contributed by atoms with van der Waals surface area (Å²) in [7, 11) is -1.49. The minimum atomic E-state index is -1.49. The first-order valence-electron chi connectivity index (χ1n) is 11.0. The van der Waals surface area contributed by atoms with E-state index in [9.17, 15) is 5.11 Å². The normalized spacial score (nSPS) is 51.3. The number of allylic oxidation sites excluding steroid dienone is 1. The van der Waals surface area contributed by atoms with E-state index in [4.69, 9.17) is 4.43 Å². The number of fused-ring (bicyclic) bond motifs is 5. The number of rotatable bonds is 2. The van der Waals surface area contributed by atoms with Gasteiger partial charge in [-0.1, -0.05) is 25.5 Å². The Balaban J connectivity index is 1.60. The van der Waals surface area contributed by atoms with E-state index in [-0.39, 0.29) is 0 Å². The van der Waals surface area contributed by atoms with Crippen LogP contribution in [-0.2, 0) is 4.43 Å². The molecule has 2 nitrogen and oxygen atoms in total. The predicted octanol–water partition coefficient (Wildman–Crippen LogP) is 5.92. The molecule has 0 spiro atoms. The van der Waals surface area contributed by atoms with Crippen molar-refractivity contribution in [2.45, 2.75) is 103 Å². The van der Waals surface area contributed by atoms with Crippen molar-refractivity contribution < 1.29 is 9.53 Å². The summed E-state index contributed by atoms with van der Waals surface area (Å²) in [5.74, 6) is 2.49. The Labute approximate surface area is 161 Å². The van der Waals surface area contributed by atoms with E-state index in [0.29, 0.717) is 16.9 Å². The van der Waals surface area contributed by atoms with Crippen LogP contribution in [0.25, 0.3) is 0 Å². The Morgan fingerprint density at radius 2 is 1.73 bits per heavy atom. The molecule has 7 atom stereocenters. The lowest BCUT2D eigenvalue weighted by Gasteiger charge is -2.59. The van der Waals surface area contributed by atoms with Gasteiger partial charge in [0.2, 0.25) is 0 Å². The number of hydrogen-bond donors (Lipinski definition) is 1. The first-order chi connectivity index (χ1) is 11.9. The molecule has 0 aromatic carbocycles. The molecule has 3 heteroatoms. The van der Waals surface area contributed by atoms with Crippen molar-refractivity contribution in [1.29, 1.82) is 0 Å². The second-order valence-electron chi connectivity index (χ2n) is 11.8. The largest absolute Gasteiger partial charge is 0.414 e. The molecule has 4 aliphatic carbocycles. The molecule has 0 radical (unpaired) electrons. The zero-order chi connectivity index (χ0) is 19.0. The Kier molecular flexibility index (Phi) is 4.39. The Bertz CT molecular complexity index is 604. The van der Waals surface area contributed by atoms with Gasteiger partial charge in [0.25, 0.3) is 0 Å². The zero-order valence-electron chi connectivity index (χ0n) is 17.9. The monoisotopic (exact) mass is 376 g/mol. The maximum Gasteiger partial charge on any atom is 0.184 e. The zero-order valence-corrected chi connectivity index (χ0v) is 18.9. The maximum absolute atomic E-state index is 10.6. The fourth-order valence-corrected chi connectivity index (χ4v) is 8.62. The molecule has 0 amide bonds. The highest BCUT2D eigenvalue weighted by molar-refractivity contribution is 6.69. The van der Waals surface area contributed by atoms with Crippen LogP contribution in [0.2, 0.25) is 19.6 Å². The van der Waals surface area contributed by atoms with Crippen LogP contribution in [0.4, 0.5) is 0 Å². The Hall–Kier alpha value is -0.123. The molecule has 148 valence electrons. The second kappa shape index (κ2) is 5.94. The van der Waals surface area contributed by atoms with Crippen LogP contribution in [0.15, 0.2) is 11.6 Å². The van der Waals surface area contributed by atoms with Gasteiger partial charge < -0.3 is 9.53 Å². The molecule has 0 saturated heterocycles. The van der Waals surface area contributed by atoms with E-state index in [1.165, 1.54) is 38.5 Å². The lowest BCUT2D eigenvalue weighted by molar-refractivity contribution is -0.0772. The molecule has 3 fully saturated rings. The second-order valence-corrected chi connectivity index (χ2v) is 16.2. The van der Waals surface area contributed by atoms with Crippen molar-refractivity contribution in [3.05, 3.63) is 11.6 Å². The summed E-state index contributed by atoms with van der Waals surface area (Å²) >= 11 is 0. The van der Waals surface area contributed by atoms with Gasteiger partial charge in [0.15, 0.2) is 8.32 Å². The summed E-state index contributed by atoms with van der Waals surface area (Å²) in [6.45, 7) is 14.2. The number of aliphatic hydroxyl groups is 1. The molecule has 26 heavy (non-hydrogen) atoms. The van der Waals surface area contributed by atoms with Crippen molar-refractivity contribution in [3.8, 4) is 0 Å². The summed E-state index contributed by atoms with van der Waals surface area (Å²) in [5.41, 5.74) is 1.82. The molecular formula is C23H40O2Si. The number of hydrogen-bond acceptors (Lipinski definition) is 2. The van der Waals surface area contributed by atoms with Gasteiger partial charge in [-0.05, 0) is 107 Å². The van der Waals surface area contributed by atoms with Gasteiger partial charge in [-0.15, -0.1) is 0 Å². The molecule has 0 heterocycles. The lowest BCUT2D eigenvalue weighted by Crippen LogP contribution is -2.53. The third kappa shape index (κ3) is 2.97. The maximum atomic E-state index is 10.6. The molecule has 4 aliphatic rings. The van der Waals surface area contributed by atoms with Crippen molar-refractivity contribution in [3.63, 3.8) is 0 Å². The van der Waals surface area contributed by atoms with E-state index < -0.39 is 13.9 Å².